The lowest BCUT2D eigenvalue weighted by Crippen LogP contribution is -2.19. The van der Waals surface area contributed by atoms with E-state index in [4.69, 9.17) is 0 Å². The zero-order chi connectivity index (χ0) is 17.7. The van der Waals surface area contributed by atoms with E-state index in [1.165, 1.54) is 18.2 Å². The number of hydrogen-bond acceptors (Lipinski definition) is 2. The monoisotopic (exact) mass is 344 g/mol. The van der Waals surface area contributed by atoms with Gasteiger partial charge in [0.1, 0.15) is 0 Å². The van der Waals surface area contributed by atoms with Gasteiger partial charge in [-0.2, -0.15) is 13.2 Å². The maximum absolute atomic E-state index is 13.0. The van der Waals surface area contributed by atoms with Crippen LogP contribution in [0.25, 0.3) is 0 Å². The predicted molar refractivity (Wildman–Crippen MR) is 79.5 cm³/mol. The minimum atomic E-state index is -4.58. The zero-order valence-corrected chi connectivity index (χ0v) is 12.3. The first kappa shape index (κ1) is 17.7. The van der Waals surface area contributed by atoms with E-state index >= 15 is 0 Å². The summed E-state index contributed by atoms with van der Waals surface area (Å²) in [5, 5.41) is 4.88. The minimum absolute atomic E-state index is 0.0467. The highest BCUT2D eigenvalue weighted by molar-refractivity contribution is 5.91. The van der Waals surface area contributed by atoms with Crippen LogP contribution in [0.2, 0.25) is 0 Å². The fourth-order valence-electron chi connectivity index (χ4n) is 1.98. The lowest BCUT2D eigenvalue weighted by Gasteiger charge is -2.13. The van der Waals surface area contributed by atoms with Gasteiger partial charge in [-0.25, -0.2) is 8.78 Å². The van der Waals surface area contributed by atoms with Gasteiger partial charge < -0.3 is 10.6 Å². The molecule has 0 saturated heterocycles. The predicted octanol–water partition coefficient (Wildman–Crippen LogP) is 4.42. The average Bonchev–Trinajstić information content (AvgIpc) is 2.50. The molecule has 24 heavy (non-hydrogen) atoms. The van der Waals surface area contributed by atoms with E-state index in [0.29, 0.717) is 0 Å². The summed E-state index contributed by atoms with van der Waals surface area (Å²) in [7, 11) is 0. The van der Waals surface area contributed by atoms with Crippen molar-refractivity contribution in [3.8, 4) is 0 Å². The van der Waals surface area contributed by atoms with E-state index in [2.05, 4.69) is 10.6 Å². The van der Waals surface area contributed by atoms with Crippen molar-refractivity contribution >= 4 is 17.3 Å². The van der Waals surface area contributed by atoms with Gasteiger partial charge in [-0.05, 0) is 30.3 Å². The van der Waals surface area contributed by atoms with Gasteiger partial charge >= 0.3 is 6.18 Å². The average molecular weight is 344 g/mol. The molecule has 2 aromatic rings. The van der Waals surface area contributed by atoms with Crippen LogP contribution < -0.4 is 10.6 Å². The maximum Gasteiger partial charge on any atom is 0.418 e. The van der Waals surface area contributed by atoms with Crippen molar-refractivity contribution in [3.05, 3.63) is 59.7 Å². The molecular weight excluding hydrogens is 331 g/mol. The van der Waals surface area contributed by atoms with Crippen LogP contribution in [0.4, 0.5) is 33.3 Å². The van der Waals surface area contributed by atoms with Gasteiger partial charge in [-0.15, -0.1) is 0 Å². The first-order valence-electron chi connectivity index (χ1n) is 6.92. The number of rotatable bonds is 5. The summed E-state index contributed by atoms with van der Waals surface area (Å²) in [6, 6.07) is 7.77. The Morgan fingerprint density at radius 3 is 2.38 bits per heavy atom. The molecule has 3 nitrogen and oxygen atoms in total. The molecule has 0 heterocycles. The Kier molecular flexibility index (Phi) is 5.38. The molecule has 0 aliphatic carbocycles. The molecule has 0 atom stereocenters. The van der Waals surface area contributed by atoms with Crippen molar-refractivity contribution in [2.24, 2.45) is 0 Å². The Morgan fingerprint density at radius 2 is 1.71 bits per heavy atom. The number of carbonyl (C=O) groups excluding carboxylic acids is 1. The Morgan fingerprint density at radius 1 is 1.00 bits per heavy atom. The summed E-state index contributed by atoms with van der Waals surface area (Å²) in [6.45, 7) is 0.0467. The van der Waals surface area contributed by atoms with E-state index in [1.807, 2.05) is 0 Å². The highest BCUT2D eigenvalue weighted by Gasteiger charge is 2.33. The summed E-state index contributed by atoms with van der Waals surface area (Å²) in [6.07, 6.45) is -4.72. The molecule has 1 amide bonds. The minimum Gasteiger partial charge on any atom is -0.384 e. The lowest BCUT2D eigenvalue weighted by molar-refractivity contribution is -0.137. The van der Waals surface area contributed by atoms with Crippen LogP contribution in [-0.4, -0.2) is 12.5 Å². The summed E-state index contributed by atoms with van der Waals surface area (Å²) >= 11 is 0. The molecular formula is C16H13F5N2O. The number of benzene rings is 2. The molecule has 2 aromatic carbocycles. The van der Waals surface area contributed by atoms with Crippen LogP contribution in [0, 0.1) is 11.6 Å². The molecule has 8 heteroatoms. The third-order valence-electron chi connectivity index (χ3n) is 3.11. The van der Waals surface area contributed by atoms with E-state index in [9.17, 15) is 26.7 Å². The van der Waals surface area contributed by atoms with Gasteiger partial charge in [0.2, 0.25) is 5.91 Å². The van der Waals surface area contributed by atoms with Gasteiger partial charge in [-0.3, -0.25) is 4.79 Å². The van der Waals surface area contributed by atoms with E-state index in [0.717, 1.165) is 24.3 Å². The molecule has 0 bridgehead atoms. The number of para-hydroxylation sites is 1. The van der Waals surface area contributed by atoms with Crippen molar-refractivity contribution in [2.75, 3.05) is 17.2 Å². The quantitative estimate of drug-likeness (QED) is 0.788. The van der Waals surface area contributed by atoms with Gasteiger partial charge in [0.25, 0.3) is 0 Å². The van der Waals surface area contributed by atoms with Crippen molar-refractivity contribution in [2.45, 2.75) is 12.6 Å². The number of amides is 1. The van der Waals surface area contributed by atoms with Gasteiger partial charge in [-0.1, -0.05) is 12.1 Å². The SMILES string of the molecule is O=C(CCNc1ccc(F)c(F)c1)Nc1ccccc1C(F)(F)F. The lowest BCUT2D eigenvalue weighted by atomic mass is 10.1. The summed E-state index contributed by atoms with van der Waals surface area (Å²) < 4.78 is 64.2. The van der Waals surface area contributed by atoms with Gasteiger partial charge in [0.05, 0.1) is 11.3 Å². The van der Waals surface area contributed by atoms with Crippen molar-refractivity contribution < 1.29 is 26.7 Å². The van der Waals surface area contributed by atoms with E-state index < -0.39 is 29.3 Å². The third kappa shape index (κ3) is 4.68. The topological polar surface area (TPSA) is 41.1 Å². The van der Waals surface area contributed by atoms with Crippen LogP contribution in [0.1, 0.15) is 12.0 Å². The standard InChI is InChI=1S/C16H13F5N2O/c17-12-6-5-10(9-13(12)18)22-8-7-15(24)23-14-4-2-1-3-11(14)16(19,20)21/h1-6,9,22H,7-8H2,(H,23,24). The first-order valence-corrected chi connectivity index (χ1v) is 6.92. The summed E-state index contributed by atoms with van der Waals surface area (Å²) in [5.41, 5.74) is -1.01. The smallest absolute Gasteiger partial charge is 0.384 e. The van der Waals surface area contributed by atoms with Crippen molar-refractivity contribution in [1.82, 2.24) is 0 Å². The molecule has 0 saturated carbocycles. The number of nitrogens with one attached hydrogen (secondary N) is 2. The van der Waals surface area contributed by atoms with Gasteiger partial charge in [0, 0.05) is 18.7 Å². The number of anilines is 2. The second kappa shape index (κ2) is 7.29. The second-order valence-electron chi connectivity index (χ2n) is 4.90. The zero-order valence-electron chi connectivity index (χ0n) is 12.3. The summed E-state index contributed by atoms with van der Waals surface area (Å²) in [4.78, 5) is 11.8. The normalized spacial score (nSPS) is 11.2. The molecule has 0 fully saturated rings. The number of hydrogen-bond donors (Lipinski definition) is 2. The molecule has 0 aliphatic heterocycles. The highest BCUT2D eigenvalue weighted by atomic mass is 19.4. The molecule has 2 N–H and O–H groups in total. The van der Waals surface area contributed by atoms with Gasteiger partial charge in [0.15, 0.2) is 11.6 Å². The molecule has 0 radical (unpaired) electrons. The fourth-order valence-corrected chi connectivity index (χ4v) is 1.98. The molecule has 0 aliphatic rings. The Balaban J connectivity index is 1.91. The van der Waals surface area contributed by atoms with E-state index in [1.54, 1.807) is 0 Å². The Labute approximate surface area is 134 Å². The molecule has 2 rings (SSSR count). The fraction of sp³-hybridized carbons (Fsp3) is 0.188. The Hall–Kier alpha value is -2.64. The number of carbonyl (C=O) groups is 1. The molecule has 0 spiro atoms. The van der Waals surface area contributed by atoms with Crippen molar-refractivity contribution in [1.29, 1.82) is 0 Å². The van der Waals surface area contributed by atoms with Crippen LogP contribution >= 0.6 is 0 Å². The van der Waals surface area contributed by atoms with Crippen LogP contribution in [0.3, 0.4) is 0 Å². The number of halogens is 5. The molecule has 0 unspecified atom stereocenters. The first-order chi connectivity index (χ1) is 11.3. The molecule has 128 valence electrons. The van der Waals surface area contributed by atoms with Crippen LogP contribution in [-0.2, 0) is 11.0 Å². The van der Waals surface area contributed by atoms with Crippen LogP contribution in [0.5, 0.6) is 0 Å². The largest absolute Gasteiger partial charge is 0.418 e. The van der Waals surface area contributed by atoms with Crippen molar-refractivity contribution in [3.63, 3.8) is 0 Å². The molecule has 0 aromatic heterocycles. The third-order valence-corrected chi connectivity index (χ3v) is 3.11. The second-order valence-corrected chi connectivity index (χ2v) is 4.90. The summed E-state index contributed by atoms with van der Waals surface area (Å²) in [5.74, 6) is -2.67. The van der Waals surface area contributed by atoms with E-state index in [-0.39, 0.29) is 24.3 Å². The highest BCUT2D eigenvalue weighted by Crippen LogP contribution is 2.34. The maximum atomic E-state index is 13.0. The van der Waals surface area contributed by atoms with Crippen LogP contribution in [0.15, 0.2) is 42.5 Å². The Bertz CT molecular complexity index is 731. The number of alkyl halides is 3.